The summed E-state index contributed by atoms with van der Waals surface area (Å²) in [5.41, 5.74) is 9.21. The van der Waals surface area contributed by atoms with Crippen molar-refractivity contribution in [1.82, 2.24) is 0 Å². The maximum atomic E-state index is 11.1. The van der Waals surface area contributed by atoms with E-state index in [0.717, 1.165) is 24.7 Å². The van der Waals surface area contributed by atoms with Crippen molar-refractivity contribution in [3.63, 3.8) is 0 Å². The van der Waals surface area contributed by atoms with Gasteiger partial charge < -0.3 is 5.73 Å². The van der Waals surface area contributed by atoms with Crippen molar-refractivity contribution < 1.29 is 4.79 Å². The Morgan fingerprint density at radius 3 is 2.62 bits per heavy atom. The predicted molar refractivity (Wildman–Crippen MR) is 65.8 cm³/mol. The topological polar surface area (TPSA) is 43.1 Å². The first-order chi connectivity index (χ1) is 7.72. The molecular weight excluding hydrogens is 198 g/mol. The Kier molecular flexibility index (Phi) is 3.10. The minimum Gasteiger partial charge on any atom is -0.330 e. The molecule has 86 valence electrons. The first kappa shape index (κ1) is 11.3. The summed E-state index contributed by atoms with van der Waals surface area (Å²) in [6.45, 7) is 2.72. The van der Waals surface area contributed by atoms with E-state index < -0.39 is 0 Å². The lowest BCUT2D eigenvalue weighted by molar-refractivity contribution is 0.112. The van der Waals surface area contributed by atoms with Crippen LogP contribution >= 0.6 is 0 Å². The Balaban J connectivity index is 2.51. The first-order valence-corrected chi connectivity index (χ1v) is 5.98. The van der Waals surface area contributed by atoms with Crippen LogP contribution in [0.25, 0.3) is 0 Å². The van der Waals surface area contributed by atoms with Crippen LogP contribution in [0.15, 0.2) is 18.2 Å². The van der Waals surface area contributed by atoms with Gasteiger partial charge in [-0.05, 0) is 25.3 Å². The van der Waals surface area contributed by atoms with E-state index in [2.05, 4.69) is 13.0 Å². The van der Waals surface area contributed by atoms with Gasteiger partial charge in [-0.25, -0.2) is 0 Å². The Labute approximate surface area is 96.8 Å². The number of aryl methyl sites for hydroxylation is 1. The second-order valence-electron chi connectivity index (χ2n) is 4.90. The molecule has 2 nitrogen and oxygen atoms in total. The van der Waals surface area contributed by atoms with Crippen LogP contribution in [-0.2, 0) is 5.41 Å². The summed E-state index contributed by atoms with van der Waals surface area (Å²) < 4.78 is 0. The molecule has 2 heteroatoms. The molecule has 0 saturated heterocycles. The number of benzene rings is 1. The Bertz CT molecular complexity index is 392. The van der Waals surface area contributed by atoms with Crippen molar-refractivity contribution in [2.24, 2.45) is 5.73 Å². The van der Waals surface area contributed by atoms with Crippen LogP contribution in [-0.4, -0.2) is 12.8 Å². The van der Waals surface area contributed by atoms with E-state index in [4.69, 9.17) is 5.73 Å². The number of nitrogens with two attached hydrogens (primary N) is 1. The quantitative estimate of drug-likeness (QED) is 0.791. The van der Waals surface area contributed by atoms with Crippen LogP contribution in [0.5, 0.6) is 0 Å². The van der Waals surface area contributed by atoms with Gasteiger partial charge in [0.05, 0.1) is 0 Å². The fourth-order valence-electron chi connectivity index (χ4n) is 2.87. The van der Waals surface area contributed by atoms with Gasteiger partial charge in [0.1, 0.15) is 6.29 Å². The molecule has 0 radical (unpaired) electrons. The Morgan fingerprint density at radius 2 is 2.06 bits per heavy atom. The predicted octanol–water partition coefficient (Wildman–Crippen LogP) is 2.58. The lowest BCUT2D eigenvalue weighted by Crippen LogP contribution is -2.33. The number of aldehydes is 1. The first-order valence-electron chi connectivity index (χ1n) is 5.98. The van der Waals surface area contributed by atoms with Gasteiger partial charge in [0.15, 0.2) is 0 Å². The lowest BCUT2D eigenvalue weighted by atomic mass is 9.76. The molecule has 1 aromatic carbocycles. The fourth-order valence-corrected chi connectivity index (χ4v) is 2.87. The third-order valence-electron chi connectivity index (χ3n) is 3.86. The maximum absolute atomic E-state index is 11.1. The Hall–Kier alpha value is -1.15. The largest absolute Gasteiger partial charge is 0.330 e. The monoisotopic (exact) mass is 217 g/mol. The van der Waals surface area contributed by atoms with Crippen molar-refractivity contribution in [1.29, 1.82) is 0 Å². The van der Waals surface area contributed by atoms with Crippen molar-refractivity contribution >= 4 is 6.29 Å². The summed E-state index contributed by atoms with van der Waals surface area (Å²) in [4.78, 5) is 11.1. The summed E-state index contributed by atoms with van der Waals surface area (Å²) in [5.74, 6) is 0. The van der Waals surface area contributed by atoms with E-state index in [1.54, 1.807) is 0 Å². The average Bonchev–Trinajstić information content (AvgIpc) is 2.78. The number of hydrogen-bond acceptors (Lipinski definition) is 2. The maximum Gasteiger partial charge on any atom is 0.150 e. The van der Waals surface area contributed by atoms with Crippen LogP contribution in [0.3, 0.4) is 0 Å². The van der Waals surface area contributed by atoms with E-state index >= 15 is 0 Å². The highest BCUT2D eigenvalue weighted by Crippen LogP contribution is 2.41. The summed E-state index contributed by atoms with van der Waals surface area (Å²) in [7, 11) is 0. The van der Waals surface area contributed by atoms with Gasteiger partial charge in [0.25, 0.3) is 0 Å². The molecule has 2 N–H and O–H groups in total. The molecule has 0 unspecified atom stereocenters. The van der Waals surface area contributed by atoms with Gasteiger partial charge in [-0.15, -0.1) is 0 Å². The Morgan fingerprint density at radius 1 is 1.38 bits per heavy atom. The number of carbonyl (C=O) groups is 1. The number of rotatable bonds is 3. The molecule has 0 heterocycles. The van der Waals surface area contributed by atoms with Gasteiger partial charge in [-0.2, -0.15) is 0 Å². The summed E-state index contributed by atoms with van der Waals surface area (Å²) >= 11 is 0. The SMILES string of the molecule is Cc1ccc(C=O)c(C2(CN)CCCC2)c1. The molecule has 1 saturated carbocycles. The highest BCUT2D eigenvalue weighted by molar-refractivity contribution is 5.78. The molecule has 1 fully saturated rings. The molecule has 2 rings (SSSR count). The van der Waals surface area contributed by atoms with E-state index in [1.807, 2.05) is 12.1 Å². The van der Waals surface area contributed by atoms with Gasteiger partial charge in [-0.1, -0.05) is 36.6 Å². The summed E-state index contributed by atoms with van der Waals surface area (Å²) in [6, 6.07) is 6.06. The lowest BCUT2D eigenvalue weighted by Gasteiger charge is -2.29. The highest BCUT2D eigenvalue weighted by Gasteiger charge is 2.35. The van der Waals surface area contributed by atoms with Gasteiger partial charge in [-0.3, -0.25) is 4.79 Å². The van der Waals surface area contributed by atoms with Crippen LogP contribution in [0.2, 0.25) is 0 Å². The molecule has 0 aromatic heterocycles. The smallest absolute Gasteiger partial charge is 0.150 e. The standard InChI is InChI=1S/C14H19NO/c1-11-4-5-12(9-16)13(8-11)14(10-15)6-2-3-7-14/h4-5,8-9H,2-3,6-7,10,15H2,1H3. The molecule has 0 aliphatic heterocycles. The molecule has 0 amide bonds. The number of hydrogen-bond donors (Lipinski definition) is 1. The molecule has 16 heavy (non-hydrogen) atoms. The molecule has 1 aliphatic carbocycles. The molecule has 0 bridgehead atoms. The molecule has 0 spiro atoms. The summed E-state index contributed by atoms with van der Waals surface area (Å²) in [6.07, 6.45) is 5.65. The minimum atomic E-state index is 0.0578. The van der Waals surface area contributed by atoms with Crippen LogP contribution in [0.4, 0.5) is 0 Å². The zero-order valence-corrected chi connectivity index (χ0v) is 9.83. The average molecular weight is 217 g/mol. The molecule has 0 atom stereocenters. The van der Waals surface area contributed by atoms with Crippen LogP contribution in [0.1, 0.15) is 47.2 Å². The zero-order valence-electron chi connectivity index (χ0n) is 9.83. The van der Waals surface area contributed by atoms with Gasteiger partial charge in [0.2, 0.25) is 0 Å². The van der Waals surface area contributed by atoms with Gasteiger partial charge >= 0.3 is 0 Å². The van der Waals surface area contributed by atoms with E-state index in [1.165, 1.54) is 24.0 Å². The third kappa shape index (κ3) is 1.78. The van der Waals surface area contributed by atoms with E-state index in [9.17, 15) is 4.79 Å². The fraction of sp³-hybridized carbons (Fsp3) is 0.500. The van der Waals surface area contributed by atoms with Crippen molar-refractivity contribution in [3.8, 4) is 0 Å². The van der Waals surface area contributed by atoms with Crippen LogP contribution in [0, 0.1) is 6.92 Å². The van der Waals surface area contributed by atoms with E-state index in [0.29, 0.717) is 6.54 Å². The van der Waals surface area contributed by atoms with Crippen molar-refractivity contribution in [3.05, 3.63) is 34.9 Å². The second kappa shape index (κ2) is 4.38. The normalized spacial score (nSPS) is 18.6. The summed E-state index contributed by atoms with van der Waals surface area (Å²) in [5, 5.41) is 0. The van der Waals surface area contributed by atoms with E-state index in [-0.39, 0.29) is 5.41 Å². The molecule has 1 aliphatic rings. The molecule has 1 aromatic rings. The van der Waals surface area contributed by atoms with Crippen molar-refractivity contribution in [2.75, 3.05) is 6.54 Å². The third-order valence-corrected chi connectivity index (χ3v) is 3.86. The van der Waals surface area contributed by atoms with Gasteiger partial charge in [0, 0.05) is 17.5 Å². The number of carbonyl (C=O) groups excluding carboxylic acids is 1. The minimum absolute atomic E-state index is 0.0578. The van der Waals surface area contributed by atoms with Crippen molar-refractivity contribution in [2.45, 2.75) is 38.0 Å². The molecular formula is C14H19NO. The highest BCUT2D eigenvalue weighted by atomic mass is 16.1. The zero-order chi connectivity index (χ0) is 11.6. The second-order valence-corrected chi connectivity index (χ2v) is 4.90. The van der Waals surface area contributed by atoms with Crippen LogP contribution < -0.4 is 5.73 Å².